The summed E-state index contributed by atoms with van der Waals surface area (Å²) in [7, 11) is 0. The highest BCUT2D eigenvalue weighted by Crippen LogP contribution is 2.21. The normalized spacial score (nSPS) is 11.6. The minimum atomic E-state index is -0.123. The van der Waals surface area contributed by atoms with Gasteiger partial charge in [0, 0.05) is 11.1 Å². The molecule has 0 radical (unpaired) electrons. The molecule has 0 aliphatic carbocycles. The Balaban J connectivity index is 2.45. The van der Waals surface area contributed by atoms with E-state index in [-0.39, 0.29) is 25.0 Å². The molecular formula is C13H15ClN2O. The largest absolute Gasteiger partial charge is 0.344 e. The van der Waals surface area contributed by atoms with Crippen molar-refractivity contribution < 1.29 is 4.79 Å². The molecule has 0 saturated carbocycles. The summed E-state index contributed by atoms with van der Waals surface area (Å²) in [5.41, 5.74) is 0.971. The molecule has 17 heavy (non-hydrogen) atoms. The first kappa shape index (κ1) is 13.6. The van der Waals surface area contributed by atoms with Gasteiger partial charge in [-0.3, -0.25) is 4.79 Å². The third-order valence-corrected chi connectivity index (χ3v) is 2.67. The maximum atomic E-state index is 11.3. The fourth-order valence-electron chi connectivity index (χ4n) is 1.39. The number of hydrogen-bond donors (Lipinski definition) is 2. The van der Waals surface area contributed by atoms with Crippen LogP contribution in [0.5, 0.6) is 0 Å². The molecule has 0 spiro atoms. The predicted octanol–water partition coefficient (Wildman–Crippen LogP) is 1.74. The van der Waals surface area contributed by atoms with Crippen molar-refractivity contribution in [2.45, 2.75) is 13.0 Å². The maximum absolute atomic E-state index is 11.3. The molecule has 1 rings (SSSR count). The van der Waals surface area contributed by atoms with Gasteiger partial charge in [-0.2, -0.15) is 0 Å². The first-order chi connectivity index (χ1) is 8.15. The molecular weight excluding hydrogens is 236 g/mol. The molecule has 90 valence electrons. The minimum Gasteiger partial charge on any atom is -0.344 e. The van der Waals surface area contributed by atoms with Gasteiger partial charge in [-0.25, -0.2) is 0 Å². The zero-order valence-corrected chi connectivity index (χ0v) is 10.4. The number of halogens is 1. The van der Waals surface area contributed by atoms with Crippen molar-refractivity contribution in [1.82, 2.24) is 10.6 Å². The first-order valence-electron chi connectivity index (χ1n) is 5.33. The van der Waals surface area contributed by atoms with E-state index in [9.17, 15) is 4.79 Å². The quantitative estimate of drug-likeness (QED) is 0.782. The van der Waals surface area contributed by atoms with Crippen molar-refractivity contribution >= 4 is 17.5 Å². The Labute approximate surface area is 107 Å². The maximum Gasteiger partial charge on any atom is 0.234 e. The van der Waals surface area contributed by atoms with Gasteiger partial charge in [0.2, 0.25) is 5.91 Å². The average Bonchev–Trinajstić information content (AvgIpc) is 2.34. The van der Waals surface area contributed by atoms with E-state index in [1.54, 1.807) is 0 Å². The molecule has 0 aliphatic rings. The topological polar surface area (TPSA) is 41.1 Å². The molecule has 1 atom stereocenters. The number of carbonyl (C=O) groups excluding carboxylic acids is 1. The fraction of sp³-hybridized carbons (Fsp3) is 0.308. The van der Waals surface area contributed by atoms with Crippen LogP contribution in [-0.2, 0) is 4.79 Å². The van der Waals surface area contributed by atoms with E-state index in [1.165, 1.54) is 0 Å². The molecule has 3 nitrogen and oxygen atoms in total. The highest BCUT2D eigenvalue weighted by Gasteiger charge is 2.09. The summed E-state index contributed by atoms with van der Waals surface area (Å²) in [5.74, 6) is 2.22. The lowest BCUT2D eigenvalue weighted by molar-refractivity contribution is -0.120. The molecule has 0 fully saturated rings. The standard InChI is InChI=1S/C13H15ClN2O/c1-3-8-15-13(17)9-16-10(2)11-6-4-5-7-12(11)14/h1,4-7,10,16H,8-9H2,2H3,(H,15,17)/t10-/m1/s1. The van der Waals surface area contributed by atoms with Gasteiger partial charge in [-0.15, -0.1) is 6.42 Å². The second-order valence-electron chi connectivity index (χ2n) is 3.60. The van der Waals surface area contributed by atoms with Crippen molar-refractivity contribution in [3.8, 4) is 12.3 Å². The lowest BCUT2D eigenvalue weighted by Crippen LogP contribution is -2.35. The van der Waals surface area contributed by atoms with Crippen molar-refractivity contribution in [3.05, 3.63) is 34.9 Å². The van der Waals surface area contributed by atoms with E-state index in [4.69, 9.17) is 18.0 Å². The van der Waals surface area contributed by atoms with Crippen LogP contribution in [0, 0.1) is 12.3 Å². The van der Waals surface area contributed by atoms with Gasteiger partial charge in [0.25, 0.3) is 0 Å². The summed E-state index contributed by atoms with van der Waals surface area (Å²) < 4.78 is 0. The Hall–Kier alpha value is -1.50. The van der Waals surface area contributed by atoms with Crippen molar-refractivity contribution in [2.75, 3.05) is 13.1 Å². The van der Waals surface area contributed by atoms with Crippen LogP contribution in [0.1, 0.15) is 18.5 Å². The summed E-state index contributed by atoms with van der Waals surface area (Å²) in [5, 5.41) is 6.36. The number of nitrogens with one attached hydrogen (secondary N) is 2. The second-order valence-corrected chi connectivity index (χ2v) is 4.01. The number of benzene rings is 1. The van der Waals surface area contributed by atoms with Crippen molar-refractivity contribution in [2.24, 2.45) is 0 Å². The zero-order valence-electron chi connectivity index (χ0n) is 9.66. The van der Waals surface area contributed by atoms with Crippen LogP contribution >= 0.6 is 11.6 Å². The van der Waals surface area contributed by atoms with Gasteiger partial charge in [-0.1, -0.05) is 35.7 Å². The Morgan fingerprint density at radius 1 is 1.53 bits per heavy atom. The lowest BCUT2D eigenvalue weighted by atomic mass is 10.1. The number of rotatable bonds is 5. The molecule has 0 aliphatic heterocycles. The summed E-state index contributed by atoms with van der Waals surface area (Å²) >= 11 is 6.05. The van der Waals surface area contributed by atoms with Gasteiger partial charge in [0.15, 0.2) is 0 Å². The van der Waals surface area contributed by atoms with Crippen molar-refractivity contribution in [3.63, 3.8) is 0 Å². The molecule has 1 aromatic rings. The average molecular weight is 251 g/mol. The minimum absolute atomic E-state index is 0.0142. The second kappa shape index (κ2) is 6.95. The SMILES string of the molecule is C#CCNC(=O)CN[C@H](C)c1ccccc1Cl. The van der Waals surface area contributed by atoms with Crippen LogP contribution in [0.2, 0.25) is 5.02 Å². The lowest BCUT2D eigenvalue weighted by Gasteiger charge is -2.15. The Kier molecular flexibility index (Phi) is 5.55. The fourth-order valence-corrected chi connectivity index (χ4v) is 1.69. The third-order valence-electron chi connectivity index (χ3n) is 2.33. The molecule has 1 aromatic carbocycles. The Morgan fingerprint density at radius 2 is 2.24 bits per heavy atom. The van der Waals surface area contributed by atoms with Gasteiger partial charge in [-0.05, 0) is 18.6 Å². The number of hydrogen-bond acceptors (Lipinski definition) is 2. The van der Waals surface area contributed by atoms with Gasteiger partial charge < -0.3 is 10.6 Å². The highest BCUT2D eigenvalue weighted by molar-refractivity contribution is 6.31. The van der Waals surface area contributed by atoms with E-state index in [1.807, 2.05) is 31.2 Å². The molecule has 2 N–H and O–H groups in total. The molecule has 0 bridgehead atoms. The smallest absolute Gasteiger partial charge is 0.234 e. The van der Waals surface area contributed by atoms with Crippen LogP contribution in [0.25, 0.3) is 0 Å². The first-order valence-corrected chi connectivity index (χ1v) is 5.71. The molecule has 0 aromatic heterocycles. The number of amides is 1. The van der Waals surface area contributed by atoms with E-state index < -0.39 is 0 Å². The third kappa shape index (κ3) is 4.48. The van der Waals surface area contributed by atoms with Crippen LogP contribution in [-0.4, -0.2) is 19.0 Å². The van der Waals surface area contributed by atoms with Gasteiger partial charge >= 0.3 is 0 Å². The summed E-state index contributed by atoms with van der Waals surface area (Å²) in [6.45, 7) is 2.42. The zero-order chi connectivity index (χ0) is 12.7. The molecule has 0 saturated heterocycles. The summed E-state index contributed by atoms with van der Waals surface area (Å²) in [4.78, 5) is 11.3. The van der Waals surface area contributed by atoms with Gasteiger partial charge in [0.1, 0.15) is 0 Å². The molecule has 4 heteroatoms. The Bertz CT molecular complexity index is 426. The van der Waals surface area contributed by atoms with E-state index in [0.29, 0.717) is 5.02 Å². The van der Waals surface area contributed by atoms with Gasteiger partial charge in [0.05, 0.1) is 13.1 Å². The summed E-state index contributed by atoms with van der Waals surface area (Å²) in [6, 6.07) is 7.56. The number of carbonyl (C=O) groups is 1. The summed E-state index contributed by atoms with van der Waals surface area (Å²) in [6.07, 6.45) is 5.04. The van der Waals surface area contributed by atoms with E-state index >= 15 is 0 Å². The predicted molar refractivity (Wildman–Crippen MR) is 69.7 cm³/mol. The molecule has 0 unspecified atom stereocenters. The van der Waals surface area contributed by atoms with E-state index in [0.717, 1.165) is 5.56 Å². The Morgan fingerprint density at radius 3 is 2.88 bits per heavy atom. The molecule has 0 heterocycles. The van der Waals surface area contributed by atoms with Crippen LogP contribution in [0.4, 0.5) is 0 Å². The van der Waals surface area contributed by atoms with Crippen LogP contribution in [0.15, 0.2) is 24.3 Å². The monoisotopic (exact) mass is 250 g/mol. The van der Waals surface area contributed by atoms with Crippen LogP contribution in [0.3, 0.4) is 0 Å². The van der Waals surface area contributed by atoms with Crippen molar-refractivity contribution in [1.29, 1.82) is 0 Å². The van der Waals surface area contributed by atoms with E-state index in [2.05, 4.69) is 16.6 Å². The highest BCUT2D eigenvalue weighted by atomic mass is 35.5. The molecule has 1 amide bonds. The number of terminal acetylenes is 1. The van der Waals surface area contributed by atoms with Crippen LogP contribution < -0.4 is 10.6 Å².